The minimum absolute atomic E-state index is 0.163. The Balaban J connectivity index is 1.48. The highest BCUT2D eigenvalue weighted by atomic mass is 16.5. The molecule has 1 amide bonds. The number of aromatic nitrogens is 3. The molecule has 0 saturated carbocycles. The monoisotopic (exact) mass is 352 g/mol. The summed E-state index contributed by atoms with van der Waals surface area (Å²) in [7, 11) is 0. The Bertz CT molecular complexity index is 910. The molecule has 2 aromatic heterocycles. The fraction of sp³-hybridized carbons (Fsp3) is 0.316. The van der Waals surface area contributed by atoms with Crippen LogP contribution in [0, 0.1) is 6.92 Å². The summed E-state index contributed by atoms with van der Waals surface area (Å²) in [5, 5.41) is 3.03. The highest BCUT2D eigenvalue weighted by molar-refractivity contribution is 5.97. The van der Waals surface area contributed by atoms with Gasteiger partial charge < -0.3 is 19.8 Å². The Morgan fingerprint density at radius 2 is 2.27 bits per heavy atom. The van der Waals surface area contributed by atoms with Gasteiger partial charge in [-0.3, -0.25) is 4.79 Å². The topological polar surface area (TPSA) is 89.1 Å². The quantitative estimate of drug-likeness (QED) is 0.752. The summed E-state index contributed by atoms with van der Waals surface area (Å²) >= 11 is 0. The molecule has 3 heterocycles. The van der Waals surface area contributed by atoms with Gasteiger partial charge in [0.1, 0.15) is 11.9 Å². The van der Waals surface area contributed by atoms with E-state index in [9.17, 15) is 4.79 Å². The Morgan fingerprint density at radius 1 is 1.35 bits per heavy atom. The molecule has 1 aromatic carbocycles. The first-order valence-corrected chi connectivity index (χ1v) is 8.62. The molecular formula is C19H20N4O3. The lowest BCUT2D eigenvalue weighted by Crippen LogP contribution is -2.51. The number of hydrogen-bond donors (Lipinski definition) is 2. The van der Waals surface area contributed by atoms with Crippen molar-refractivity contribution in [3.05, 3.63) is 54.0 Å². The van der Waals surface area contributed by atoms with Gasteiger partial charge in [-0.05, 0) is 31.2 Å². The van der Waals surface area contributed by atoms with E-state index in [2.05, 4.69) is 20.3 Å². The van der Waals surface area contributed by atoms with Crippen LogP contribution in [0.5, 0.6) is 5.88 Å². The molecule has 1 fully saturated rings. The lowest BCUT2D eigenvalue weighted by molar-refractivity contribution is -0.00448. The maximum absolute atomic E-state index is 12.7. The molecule has 1 saturated heterocycles. The van der Waals surface area contributed by atoms with Crippen molar-refractivity contribution in [2.75, 3.05) is 13.2 Å². The van der Waals surface area contributed by atoms with Gasteiger partial charge in [0.15, 0.2) is 0 Å². The molecule has 26 heavy (non-hydrogen) atoms. The highest BCUT2D eigenvalue weighted by Gasteiger charge is 2.29. The van der Waals surface area contributed by atoms with Gasteiger partial charge in [-0.1, -0.05) is 6.07 Å². The zero-order valence-electron chi connectivity index (χ0n) is 14.4. The zero-order valence-corrected chi connectivity index (χ0v) is 14.4. The van der Waals surface area contributed by atoms with Gasteiger partial charge >= 0.3 is 0 Å². The van der Waals surface area contributed by atoms with E-state index in [0.29, 0.717) is 31.1 Å². The number of benzene rings is 1. The normalized spacial score (nSPS) is 20.0. The average Bonchev–Trinajstić information content (AvgIpc) is 3.03. The predicted molar refractivity (Wildman–Crippen MR) is 96.2 cm³/mol. The molecule has 2 N–H and O–H groups in total. The third-order valence-corrected chi connectivity index (χ3v) is 4.38. The van der Waals surface area contributed by atoms with Crippen molar-refractivity contribution in [2.24, 2.45) is 0 Å². The standard InChI is InChI=1S/C19H20N4O3/c1-12-21-14-6-5-13(10-15(14)22-12)19(24)23-16-11-25-9-7-17(16)26-18-4-2-3-8-20-18/h2-6,8,10,16-17H,7,9,11H2,1H3,(H,21,22)(H,23,24)/t16-,17-/m1/s1. The first kappa shape index (κ1) is 16.5. The predicted octanol–water partition coefficient (Wildman–Crippen LogP) is 2.23. The number of amides is 1. The van der Waals surface area contributed by atoms with Crippen LogP contribution >= 0.6 is 0 Å². The number of nitrogens with one attached hydrogen (secondary N) is 2. The number of rotatable bonds is 4. The molecule has 0 aliphatic carbocycles. The van der Waals surface area contributed by atoms with Crippen molar-refractivity contribution in [2.45, 2.75) is 25.5 Å². The van der Waals surface area contributed by atoms with E-state index in [1.165, 1.54) is 0 Å². The van der Waals surface area contributed by atoms with Gasteiger partial charge in [-0.2, -0.15) is 0 Å². The summed E-state index contributed by atoms with van der Waals surface area (Å²) in [4.78, 5) is 24.4. The van der Waals surface area contributed by atoms with Gasteiger partial charge in [0.05, 0.1) is 30.3 Å². The number of fused-ring (bicyclic) bond motifs is 1. The van der Waals surface area contributed by atoms with Crippen molar-refractivity contribution in [3.8, 4) is 5.88 Å². The first-order valence-electron chi connectivity index (χ1n) is 8.62. The Hall–Kier alpha value is -2.93. The summed E-state index contributed by atoms with van der Waals surface area (Å²) < 4.78 is 11.5. The van der Waals surface area contributed by atoms with Crippen molar-refractivity contribution in [3.63, 3.8) is 0 Å². The highest BCUT2D eigenvalue weighted by Crippen LogP contribution is 2.18. The lowest BCUT2D eigenvalue weighted by atomic mass is 10.1. The van der Waals surface area contributed by atoms with E-state index in [-0.39, 0.29) is 18.1 Å². The molecule has 0 bridgehead atoms. The van der Waals surface area contributed by atoms with Crippen LogP contribution in [0.2, 0.25) is 0 Å². The van der Waals surface area contributed by atoms with E-state index in [4.69, 9.17) is 9.47 Å². The number of hydrogen-bond acceptors (Lipinski definition) is 5. The Labute approximate surface area is 150 Å². The Kier molecular flexibility index (Phi) is 4.53. The second kappa shape index (κ2) is 7.13. The number of nitrogens with zero attached hydrogens (tertiary/aromatic N) is 2. The second-order valence-corrected chi connectivity index (χ2v) is 6.32. The lowest BCUT2D eigenvalue weighted by Gasteiger charge is -2.32. The molecule has 0 unspecified atom stereocenters. The largest absolute Gasteiger partial charge is 0.472 e. The van der Waals surface area contributed by atoms with Crippen LogP contribution in [0.1, 0.15) is 22.6 Å². The Morgan fingerprint density at radius 3 is 3.12 bits per heavy atom. The van der Waals surface area contributed by atoms with Gasteiger partial charge in [0.25, 0.3) is 5.91 Å². The third kappa shape index (κ3) is 3.52. The van der Waals surface area contributed by atoms with Crippen LogP contribution in [0.15, 0.2) is 42.6 Å². The molecule has 1 aliphatic rings. The van der Waals surface area contributed by atoms with Gasteiger partial charge in [0.2, 0.25) is 5.88 Å². The molecule has 4 rings (SSSR count). The smallest absolute Gasteiger partial charge is 0.251 e. The SMILES string of the molecule is Cc1nc2ccc(C(=O)N[C@@H]3COCC[C@H]3Oc3ccccn3)cc2[nH]1. The number of carbonyl (C=O) groups is 1. The molecule has 1 aliphatic heterocycles. The van der Waals surface area contributed by atoms with E-state index in [0.717, 1.165) is 16.9 Å². The molecule has 134 valence electrons. The second-order valence-electron chi connectivity index (χ2n) is 6.32. The van der Waals surface area contributed by atoms with E-state index in [1.54, 1.807) is 12.3 Å². The van der Waals surface area contributed by atoms with Crippen LogP contribution in [0.4, 0.5) is 0 Å². The third-order valence-electron chi connectivity index (χ3n) is 4.38. The average molecular weight is 352 g/mol. The number of H-pyrrole nitrogens is 1. The number of aromatic amines is 1. The summed E-state index contributed by atoms with van der Waals surface area (Å²) in [6.07, 6.45) is 2.20. The van der Waals surface area contributed by atoms with E-state index < -0.39 is 0 Å². The number of aryl methyl sites for hydroxylation is 1. The number of carbonyl (C=O) groups excluding carboxylic acids is 1. The zero-order chi connectivity index (χ0) is 17.9. The van der Waals surface area contributed by atoms with Crippen molar-refractivity contribution < 1.29 is 14.3 Å². The maximum Gasteiger partial charge on any atom is 0.251 e. The number of imidazole rings is 1. The molecular weight excluding hydrogens is 332 g/mol. The number of ether oxygens (including phenoxy) is 2. The molecule has 7 heteroatoms. The van der Waals surface area contributed by atoms with Crippen LogP contribution < -0.4 is 10.1 Å². The van der Waals surface area contributed by atoms with E-state index >= 15 is 0 Å². The fourth-order valence-electron chi connectivity index (χ4n) is 3.10. The first-order chi connectivity index (χ1) is 12.7. The summed E-state index contributed by atoms with van der Waals surface area (Å²) in [5.74, 6) is 1.21. The van der Waals surface area contributed by atoms with Crippen LogP contribution in [-0.2, 0) is 4.74 Å². The van der Waals surface area contributed by atoms with E-state index in [1.807, 2.05) is 37.3 Å². The maximum atomic E-state index is 12.7. The van der Waals surface area contributed by atoms with Crippen molar-refractivity contribution in [1.82, 2.24) is 20.3 Å². The van der Waals surface area contributed by atoms with Crippen molar-refractivity contribution >= 4 is 16.9 Å². The molecule has 2 atom stereocenters. The van der Waals surface area contributed by atoms with Gasteiger partial charge in [-0.25, -0.2) is 9.97 Å². The van der Waals surface area contributed by atoms with Crippen LogP contribution in [0.25, 0.3) is 11.0 Å². The summed E-state index contributed by atoms with van der Waals surface area (Å²) in [6.45, 7) is 2.90. The minimum atomic E-state index is -0.238. The summed E-state index contributed by atoms with van der Waals surface area (Å²) in [5.41, 5.74) is 2.26. The molecule has 0 spiro atoms. The summed E-state index contributed by atoms with van der Waals surface area (Å²) in [6, 6.07) is 10.7. The number of pyridine rings is 1. The van der Waals surface area contributed by atoms with Crippen LogP contribution in [-0.4, -0.2) is 46.2 Å². The molecule has 7 nitrogen and oxygen atoms in total. The van der Waals surface area contributed by atoms with Gasteiger partial charge in [0, 0.05) is 24.2 Å². The molecule has 0 radical (unpaired) electrons. The molecule has 3 aromatic rings. The van der Waals surface area contributed by atoms with Gasteiger partial charge in [-0.15, -0.1) is 0 Å². The van der Waals surface area contributed by atoms with Crippen molar-refractivity contribution in [1.29, 1.82) is 0 Å². The minimum Gasteiger partial charge on any atom is -0.472 e. The fourth-order valence-corrected chi connectivity index (χ4v) is 3.10. The van der Waals surface area contributed by atoms with Crippen LogP contribution in [0.3, 0.4) is 0 Å².